The van der Waals surface area contributed by atoms with E-state index in [2.05, 4.69) is 11.5 Å². The van der Waals surface area contributed by atoms with Crippen molar-refractivity contribution >= 4 is 27.8 Å². The molecule has 1 aromatic heterocycles. The highest BCUT2D eigenvalue weighted by atomic mass is 16.4. The van der Waals surface area contributed by atoms with Crippen molar-refractivity contribution in [1.29, 1.82) is 0 Å². The molecule has 0 aliphatic rings. The van der Waals surface area contributed by atoms with E-state index in [-0.39, 0.29) is 11.0 Å². The second-order valence-electron chi connectivity index (χ2n) is 5.39. The van der Waals surface area contributed by atoms with Crippen LogP contribution in [0.25, 0.3) is 21.8 Å². The number of rotatable bonds is 4. The molecule has 0 unspecified atom stereocenters. The van der Waals surface area contributed by atoms with Crippen LogP contribution in [0.3, 0.4) is 0 Å². The van der Waals surface area contributed by atoms with Gasteiger partial charge in [0.05, 0.1) is 16.6 Å². The van der Waals surface area contributed by atoms with E-state index in [0.29, 0.717) is 16.3 Å². The lowest BCUT2D eigenvalue weighted by molar-refractivity contribution is 0.0697. The van der Waals surface area contributed by atoms with Gasteiger partial charge in [-0.15, -0.1) is 0 Å². The van der Waals surface area contributed by atoms with Gasteiger partial charge in [-0.1, -0.05) is 25.5 Å². The lowest BCUT2D eigenvalue weighted by atomic mass is 10.1. The molecular formula is C18H17NO3. The normalized spacial score (nSPS) is 11.1. The standard InChI is InChI=1S/C18H17NO3/c1-2-3-10-19-15-7-5-4-6-13(15)17(20)14-9-8-12(18(21)22)11-16(14)19/h4-9,11H,2-3,10H2,1H3,(H,21,22). The Morgan fingerprint density at radius 1 is 1.09 bits per heavy atom. The Bertz CT molecular complexity index is 925. The van der Waals surface area contributed by atoms with Crippen molar-refractivity contribution in [2.24, 2.45) is 0 Å². The number of pyridine rings is 1. The predicted octanol–water partition coefficient (Wildman–Crippen LogP) is 3.65. The van der Waals surface area contributed by atoms with Gasteiger partial charge in [-0.25, -0.2) is 4.79 Å². The van der Waals surface area contributed by atoms with E-state index in [1.807, 2.05) is 24.3 Å². The van der Waals surface area contributed by atoms with Crippen molar-refractivity contribution in [2.45, 2.75) is 26.3 Å². The van der Waals surface area contributed by atoms with Gasteiger partial charge in [0.15, 0.2) is 5.43 Å². The molecule has 0 aliphatic heterocycles. The maximum absolute atomic E-state index is 12.6. The van der Waals surface area contributed by atoms with Crippen LogP contribution in [0.15, 0.2) is 47.3 Å². The fourth-order valence-electron chi connectivity index (χ4n) is 2.81. The zero-order valence-electron chi connectivity index (χ0n) is 12.4. The van der Waals surface area contributed by atoms with Crippen LogP contribution in [-0.2, 0) is 6.54 Å². The third kappa shape index (κ3) is 2.26. The predicted molar refractivity (Wildman–Crippen MR) is 87.6 cm³/mol. The van der Waals surface area contributed by atoms with Gasteiger partial charge >= 0.3 is 5.97 Å². The minimum atomic E-state index is -0.982. The Morgan fingerprint density at radius 2 is 1.82 bits per heavy atom. The Hall–Kier alpha value is -2.62. The van der Waals surface area contributed by atoms with Gasteiger partial charge in [0.25, 0.3) is 0 Å². The van der Waals surface area contributed by atoms with Gasteiger partial charge in [0, 0.05) is 17.3 Å². The molecule has 0 spiro atoms. The van der Waals surface area contributed by atoms with Crippen molar-refractivity contribution in [3.8, 4) is 0 Å². The van der Waals surface area contributed by atoms with E-state index in [0.717, 1.165) is 24.9 Å². The SMILES string of the molecule is CCCCn1c2ccccc2c(=O)c2ccc(C(=O)O)cc21. The number of hydrogen-bond donors (Lipinski definition) is 1. The molecule has 1 heterocycles. The van der Waals surface area contributed by atoms with Gasteiger partial charge in [-0.05, 0) is 36.8 Å². The first-order valence-electron chi connectivity index (χ1n) is 7.42. The Morgan fingerprint density at radius 3 is 2.55 bits per heavy atom. The summed E-state index contributed by atoms with van der Waals surface area (Å²) in [5, 5.41) is 10.5. The quantitative estimate of drug-likeness (QED) is 0.747. The molecule has 0 aliphatic carbocycles. The summed E-state index contributed by atoms with van der Waals surface area (Å²) in [5.74, 6) is -0.982. The average Bonchev–Trinajstić information content (AvgIpc) is 2.54. The molecule has 0 fully saturated rings. The first-order valence-corrected chi connectivity index (χ1v) is 7.42. The Labute approximate surface area is 127 Å². The number of aryl methyl sites for hydroxylation is 1. The molecule has 0 amide bonds. The number of hydrogen-bond acceptors (Lipinski definition) is 2. The maximum atomic E-state index is 12.6. The molecule has 4 heteroatoms. The number of para-hydroxylation sites is 1. The summed E-state index contributed by atoms with van der Waals surface area (Å²) in [7, 11) is 0. The second kappa shape index (κ2) is 5.64. The van der Waals surface area contributed by atoms with Crippen molar-refractivity contribution in [2.75, 3.05) is 0 Å². The van der Waals surface area contributed by atoms with Crippen LogP contribution in [0, 0.1) is 0 Å². The number of aromatic nitrogens is 1. The Kier molecular flexibility index (Phi) is 3.67. The highest BCUT2D eigenvalue weighted by molar-refractivity contribution is 5.97. The molecule has 22 heavy (non-hydrogen) atoms. The van der Waals surface area contributed by atoms with E-state index in [1.54, 1.807) is 12.1 Å². The summed E-state index contributed by atoms with van der Waals surface area (Å²) in [6.45, 7) is 2.87. The third-order valence-electron chi connectivity index (χ3n) is 3.95. The van der Waals surface area contributed by atoms with Crippen molar-refractivity contribution in [3.05, 3.63) is 58.3 Å². The van der Waals surface area contributed by atoms with Crippen LogP contribution in [0.2, 0.25) is 0 Å². The van der Waals surface area contributed by atoms with Gasteiger partial charge in [-0.3, -0.25) is 4.79 Å². The fraction of sp³-hybridized carbons (Fsp3) is 0.222. The molecule has 112 valence electrons. The zero-order chi connectivity index (χ0) is 15.7. The monoisotopic (exact) mass is 295 g/mol. The van der Waals surface area contributed by atoms with Crippen LogP contribution in [0.1, 0.15) is 30.1 Å². The fourth-order valence-corrected chi connectivity index (χ4v) is 2.81. The molecule has 4 nitrogen and oxygen atoms in total. The third-order valence-corrected chi connectivity index (χ3v) is 3.95. The smallest absolute Gasteiger partial charge is 0.335 e. The maximum Gasteiger partial charge on any atom is 0.335 e. The zero-order valence-corrected chi connectivity index (χ0v) is 12.4. The number of aromatic carboxylic acids is 1. The lowest BCUT2D eigenvalue weighted by Crippen LogP contribution is -2.12. The number of carbonyl (C=O) groups is 1. The molecule has 0 saturated heterocycles. The highest BCUT2D eigenvalue weighted by Crippen LogP contribution is 2.21. The highest BCUT2D eigenvalue weighted by Gasteiger charge is 2.12. The minimum absolute atomic E-state index is 0.0460. The topological polar surface area (TPSA) is 59.3 Å². The van der Waals surface area contributed by atoms with Gasteiger partial charge in [-0.2, -0.15) is 0 Å². The molecule has 0 saturated carbocycles. The van der Waals surface area contributed by atoms with E-state index in [4.69, 9.17) is 0 Å². The molecule has 0 bridgehead atoms. The summed E-state index contributed by atoms with van der Waals surface area (Å²) in [5.41, 5.74) is 1.70. The largest absolute Gasteiger partial charge is 0.478 e. The number of carboxylic acids is 1. The molecule has 3 aromatic rings. The summed E-state index contributed by atoms with van der Waals surface area (Å²) < 4.78 is 2.06. The van der Waals surface area contributed by atoms with Gasteiger partial charge < -0.3 is 9.67 Å². The molecule has 2 aromatic carbocycles. The van der Waals surface area contributed by atoms with Gasteiger partial charge in [0.1, 0.15) is 0 Å². The van der Waals surface area contributed by atoms with E-state index in [9.17, 15) is 14.7 Å². The van der Waals surface area contributed by atoms with Crippen LogP contribution in [0.4, 0.5) is 0 Å². The summed E-state index contributed by atoms with van der Waals surface area (Å²) in [6, 6.07) is 12.2. The average molecular weight is 295 g/mol. The first kappa shape index (κ1) is 14.3. The van der Waals surface area contributed by atoms with Crippen molar-refractivity contribution < 1.29 is 9.90 Å². The van der Waals surface area contributed by atoms with E-state index >= 15 is 0 Å². The summed E-state index contributed by atoms with van der Waals surface area (Å²) >= 11 is 0. The van der Waals surface area contributed by atoms with Crippen LogP contribution in [0.5, 0.6) is 0 Å². The van der Waals surface area contributed by atoms with Crippen LogP contribution >= 0.6 is 0 Å². The van der Waals surface area contributed by atoms with Crippen LogP contribution < -0.4 is 5.43 Å². The molecule has 0 atom stereocenters. The van der Waals surface area contributed by atoms with E-state index in [1.165, 1.54) is 6.07 Å². The second-order valence-corrected chi connectivity index (χ2v) is 5.39. The summed E-state index contributed by atoms with van der Waals surface area (Å²) in [4.78, 5) is 23.9. The van der Waals surface area contributed by atoms with Gasteiger partial charge in [0.2, 0.25) is 0 Å². The number of unbranched alkanes of at least 4 members (excludes halogenated alkanes) is 1. The molecule has 3 rings (SSSR count). The number of carboxylic acid groups (broad SMARTS) is 1. The molecule has 0 radical (unpaired) electrons. The first-order chi connectivity index (χ1) is 10.6. The van der Waals surface area contributed by atoms with E-state index < -0.39 is 5.97 Å². The molecule has 1 N–H and O–H groups in total. The number of nitrogens with zero attached hydrogens (tertiary/aromatic N) is 1. The number of benzene rings is 2. The van der Waals surface area contributed by atoms with Crippen LogP contribution in [-0.4, -0.2) is 15.6 Å². The molecular weight excluding hydrogens is 278 g/mol. The number of fused-ring (bicyclic) bond motifs is 2. The minimum Gasteiger partial charge on any atom is -0.478 e. The summed E-state index contributed by atoms with van der Waals surface area (Å²) in [6.07, 6.45) is 2.00. The van der Waals surface area contributed by atoms with Crippen molar-refractivity contribution in [3.63, 3.8) is 0 Å². The van der Waals surface area contributed by atoms with Crippen molar-refractivity contribution in [1.82, 2.24) is 4.57 Å². The lowest BCUT2D eigenvalue weighted by Gasteiger charge is -2.15. The Balaban J connectivity index is 2.44.